The van der Waals surface area contributed by atoms with Crippen molar-refractivity contribution >= 4 is 28.0 Å². The van der Waals surface area contributed by atoms with Crippen LogP contribution in [0.4, 0.5) is 4.39 Å². The number of carbonyl (C=O) groups excluding carboxylic acids is 1. The van der Waals surface area contributed by atoms with E-state index in [4.69, 9.17) is 20.4 Å². The second-order valence-corrected chi connectivity index (χ2v) is 13.3. The molecule has 6 heterocycles. The Morgan fingerprint density at radius 2 is 1.98 bits per heavy atom. The highest BCUT2D eigenvalue weighted by Crippen LogP contribution is 2.40. The first-order chi connectivity index (χ1) is 23.4. The fraction of sp³-hybridized carbons (Fsp3) is 0.343. The maximum atomic E-state index is 14.0. The lowest BCUT2D eigenvalue weighted by atomic mass is 10.1. The van der Waals surface area contributed by atoms with E-state index >= 15 is 0 Å². The summed E-state index contributed by atoms with van der Waals surface area (Å²) in [5.41, 5.74) is 11.0. The molecule has 244 valence electrons. The first kappa shape index (κ1) is 28.9. The number of rotatable bonds is 8. The van der Waals surface area contributed by atoms with Crippen molar-refractivity contribution in [1.82, 2.24) is 38.8 Å². The largest absolute Gasteiger partial charge is 0.494 e. The Morgan fingerprint density at radius 3 is 2.75 bits per heavy atom. The molecule has 1 amide bonds. The number of aromatic nitrogens is 7. The number of piperidine rings is 1. The number of nitrogens with two attached hydrogens (primary N) is 1. The minimum atomic E-state index is -0.585. The molecule has 3 N–H and O–H groups in total. The molecule has 12 nitrogen and oxygen atoms in total. The summed E-state index contributed by atoms with van der Waals surface area (Å²) < 4.78 is 25.7. The fourth-order valence-corrected chi connectivity index (χ4v) is 7.67. The van der Waals surface area contributed by atoms with Crippen molar-refractivity contribution < 1.29 is 19.0 Å². The number of benzene rings is 1. The number of ether oxygens (including phenoxy) is 1. The second-order valence-electron chi connectivity index (χ2n) is 13.3. The summed E-state index contributed by atoms with van der Waals surface area (Å²) in [5.74, 6) is 1.14. The molecule has 1 aliphatic heterocycles. The number of pyridine rings is 2. The number of aromatic hydroxyl groups is 1. The van der Waals surface area contributed by atoms with Gasteiger partial charge < -0.3 is 29.6 Å². The van der Waals surface area contributed by atoms with Crippen molar-refractivity contribution in [3.05, 3.63) is 78.1 Å². The highest BCUT2D eigenvalue weighted by atomic mass is 19.1. The molecule has 5 aromatic heterocycles. The summed E-state index contributed by atoms with van der Waals surface area (Å²) in [6.07, 6.45) is 10.5. The molecule has 13 heteroatoms. The molecule has 0 spiro atoms. The van der Waals surface area contributed by atoms with Gasteiger partial charge in [-0.15, -0.1) is 0 Å². The van der Waals surface area contributed by atoms with Gasteiger partial charge in [-0.1, -0.05) is 0 Å². The summed E-state index contributed by atoms with van der Waals surface area (Å²) in [4.78, 5) is 29.5. The first-order valence-electron chi connectivity index (χ1n) is 16.3. The molecule has 1 saturated heterocycles. The van der Waals surface area contributed by atoms with Crippen molar-refractivity contribution in [3.63, 3.8) is 0 Å². The van der Waals surface area contributed by atoms with Gasteiger partial charge in [-0.05, 0) is 67.9 Å². The number of amides is 1. The van der Waals surface area contributed by atoms with Crippen LogP contribution in [0.5, 0.6) is 11.6 Å². The van der Waals surface area contributed by atoms with Gasteiger partial charge in [-0.2, -0.15) is 5.10 Å². The number of nitrogens with zero attached hydrogens (tertiary/aromatic N) is 8. The minimum absolute atomic E-state index is 0.0124. The molecule has 2 unspecified atom stereocenters. The van der Waals surface area contributed by atoms with Crippen LogP contribution in [-0.2, 0) is 13.1 Å². The number of hydrogen-bond donors (Lipinski definition) is 2. The number of methoxy groups -OCH3 is 1. The molecule has 9 rings (SSSR count). The Labute approximate surface area is 274 Å². The molecule has 0 radical (unpaired) electrons. The molecule has 2 aliphatic carbocycles. The second kappa shape index (κ2) is 10.9. The summed E-state index contributed by atoms with van der Waals surface area (Å²) >= 11 is 0. The summed E-state index contributed by atoms with van der Waals surface area (Å²) in [5, 5.41) is 15.7. The first-order valence-corrected chi connectivity index (χ1v) is 16.3. The molecule has 2 saturated carbocycles. The van der Waals surface area contributed by atoms with Crippen LogP contribution in [0.1, 0.15) is 41.6 Å². The molecule has 3 aliphatic rings. The van der Waals surface area contributed by atoms with E-state index in [0.717, 1.165) is 53.4 Å². The third-order valence-corrected chi connectivity index (χ3v) is 10.2. The third-order valence-electron chi connectivity index (χ3n) is 10.2. The van der Waals surface area contributed by atoms with Crippen molar-refractivity contribution in [3.8, 4) is 28.8 Å². The minimum Gasteiger partial charge on any atom is -0.494 e. The van der Waals surface area contributed by atoms with Crippen LogP contribution in [-0.4, -0.2) is 75.5 Å². The van der Waals surface area contributed by atoms with Crippen LogP contribution in [0.15, 0.2) is 61.2 Å². The highest BCUT2D eigenvalue weighted by molar-refractivity contribution is 6.00. The Kier molecular flexibility index (Phi) is 6.54. The zero-order valence-corrected chi connectivity index (χ0v) is 26.3. The Morgan fingerprint density at radius 1 is 1.10 bits per heavy atom. The lowest BCUT2D eigenvalue weighted by Crippen LogP contribution is -2.41. The molecule has 3 atom stereocenters. The van der Waals surface area contributed by atoms with E-state index in [9.17, 15) is 14.3 Å². The van der Waals surface area contributed by atoms with Crippen molar-refractivity contribution in [1.29, 1.82) is 0 Å². The van der Waals surface area contributed by atoms with E-state index in [-0.39, 0.29) is 29.6 Å². The zero-order chi connectivity index (χ0) is 32.7. The summed E-state index contributed by atoms with van der Waals surface area (Å²) in [6, 6.07) is 11.0. The maximum absolute atomic E-state index is 14.0. The summed E-state index contributed by atoms with van der Waals surface area (Å²) in [7, 11) is 1.60. The van der Waals surface area contributed by atoms with Gasteiger partial charge in [0.05, 0.1) is 37.3 Å². The lowest BCUT2D eigenvalue weighted by Gasteiger charge is -2.27. The average Bonchev–Trinajstić information content (AvgIpc) is 3.40. The zero-order valence-electron chi connectivity index (χ0n) is 26.3. The van der Waals surface area contributed by atoms with Crippen LogP contribution in [0.3, 0.4) is 0 Å². The van der Waals surface area contributed by atoms with Gasteiger partial charge in [0.15, 0.2) is 5.82 Å². The van der Waals surface area contributed by atoms with E-state index in [1.165, 1.54) is 23.6 Å². The van der Waals surface area contributed by atoms with Crippen molar-refractivity contribution in [2.45, 2.75) is 50.9 Å². The monoisotopic (exact) mass is 647 g/mol. The molecule has 6 aromatic rings. The van der Waals surface area contributed by atoms with Crippen LogP contribution >= 0.6 is 0 Å². The molecular weight excluding hydrogens is 613 g/mol. The number of hydrogen-bond acceptors (Lipinski definition) is 8. The maximum Gasteiger partial charge on any atom is 0.254 e. The lowest BCUT2D eigenvalue weighted by molar-refractivity contribution is 0.0700. The van der Waals surface area contributed by atoms with Gasteiger partial charge in [0.25, 0.3) is 5.91 Å². The van der Waals surface area contributed by atoms with Gasteiger partial charge in [0.2, 0.25) is 5.88 Å². The van der Waals surface area contributed by atoms with E-state index in [0.29, 0.717) is 47.6 Å². The smallest absolute Gasteiger partial charge is 0.254 e. The standard InChI is InChI=1S/C35H34FN9O3/c1-48-29-11-23(35(47)43-18-22-6-7-26(43)30(22)37)9-25-31(29)44(16-20-13-40-45(17-20)28-12-24(36)14-39-34(28)46)33(41-25)27-10-21-3-2-8-38-32(21)42(27)15-19-4-5-19/h2-3,8-14,17,19,22,26,30H,4-7,15-16,18,37H2,1H3,(H,39,46)/t22?,26?,30-/m1/s1. The van der Waals surface area contributed by atoms with E-state index < -0.39 is 5.82 Å². The number of carbonyl (C=O) groups is 1. The van der Waals surface area contributed by atoms with E-state index in [1.807, 2.05) is 17.0 Å². The Bertz CT molecular complexity index is 2240. The fourth-order valence-electron chi connectivity index (χ4n) is 7.67. The number of imidazole rings is 1. The highest BCUT2D eigenvalue weighted by Gasteiger charge is 2.47. The van der Waals surface area contributed by atoms with Crippen LogP contribution in [0.25, 0.3) is 39.3 Å². The van der Waals surface area contributed by atoms with Crippen molar-refractivity contribution in [2.75, 3.05) is 13.7 Å². The van der Waals surface area contributed by atoms with Crippen LogP contribution < -0.4 is 10.5 Å². The molecule has 2 bridgehead atoms. The predicted octanol–water partition coefficient (Wildman–Crippen LogP) is 4.51. The topological polar surface area (TPSA) is 142 Å². The van der Waals surface area contributed by atoms with Gasteiger partial charge in [-0.25, -0.2) is 24.0 Å². The van der Waals surface area contributed by atoms with Gasteiger partial charge >= 0.3 is 0 Å². The van der Waals surface area contributed by atoms with Crippen molar-refractivity contribution in [2.24, 2.45) is 17.6 Å². The van der Waals surface area contributed by atoms with Crippen LogP contribution in [0, 0.1) is 17.7 Å². The molecule has 1 aromatic carbocycles. The van der Waals surface area contributed by atoms with Gasteiger partial charge in [0.1, 0.15) is 28.4 Å². The summed E-state index contributed by atoms with van der Waals surface area (Å²) in [6.45, 7) is 1.81. The Hall–Kier alpha value is -5.30. The van der Waals surface area contributed by atoms with Gasteiger partial charge in [0, 0.05) is 60.1 Å². The third kappa shape index (κ3) is 4.63. The predicted molar refractivity (Wildman–Crippen MR) is 175 cm³/mol. The van der Waals surface area contributed by atoms with Gasteiger partial charge in [-0.3, -0.25) is 4.79 Å². The number of fused-ring (bicyclic) bond motifs is 4. The molecule has 3 fully saturated rings. The quantitative estimate of drug-likeness (QED) is 0.246. The van der Waals surface area contributed by atoms with E-state index in [1.54, 1.807) is 31.8 Å². The molecule has 48 heavy (non-hydrogen) atoms. The van der Waals surface area contributed by atoms with E-state index in [2.05, 4.69) is 31.3 Å². The molecular formula is C35H34FN9O3. The van der Waals surface area contributed by atoms with Crippen LogP contribution in [0.2, 0.25) is 0 Å². The SMILES string of the molecule is COc1cc(C(=O)N2CC3CCC2[C@@H]3N)cc2nc(-c3cc4cccnc4n3CC3CC3)n(Cc3cnn(-c4cc(F)cnc4O)c3)c12. The number of halogens is 1. The average molecular weight is 648 g/mol. The number of likely N-dealkylation sites (tertiary alicyclic amines) is 1. The Balaban J connectivity index is 1.20. The normalized spacial score (nSPS) is 20.4.